The molecule has 23 heavy (non-hydrogen) atoms. The monoisotopic (exact) mass is 319 g/mol. The van der Waals surface area contributed by atoms with Crippen LogP contribution in [-0.4, -0.2) is 24.1 Å². The quantitative estimate of drug-likeness (QED) is 0.858. The van der Waals surface area contributed by atoms with E-state index < -0.39 is 11.7 Å². The molecule has 0 spiro atoms. The molecule has 6 heteroatoms. The average Bonchev–Trinajstić information content (AvgIpc) is 2.90. The number of anilines is 2. The number of rotatable bonds is 1. The van der Waals surface area contributed by atoms with Crippen molar-refractivity contribution in [3.8, 4) is 11.3 Å². The van der Waals surface area contributed by atoms with Crippen LogP contribution < -0.4 is 10.2 Å². The smallest absolute Gasteiger partial charge is 0.366 e. The van der Waals surface area contributed by atoms with E-state index in [0.29, 0.717) is 17.3 Å². The Bertz CT molecular complexity index is 770. The molecule has 2 aliphatic rings. The number of halogens is 3. The van der Waals surface area contributed by atoms with Gasteiger partial charge in [0.05, 0.1) is 16.9 Å². The van der Waals surface area contributed by atoms with Gasteiger partial charge in [-0.25, -0.2) is 4.98 Å². The highest BCUT2D eigenvalue weighted by molar-refractivity contribution is 5.77. The third-order valence-corrected chi connectivity index (χ3v) is 4.53. The molecule has 0 amide bonds. The van der Waals surface area contributed by atoms with Gasteiger partial charge in [-0.05, 0) is 37.1 Å². The zero-order chi connectivity index (χ0) is 16.2. The van der Waals surface area contributed by atoms with Crippen molar-refractivity contribution in [2.75, 3.05) is 23.3 Å². The van der Waals surface area contributed by atoms with Crippen molar-refractivity contribution in [2.24, 2.45) is 0 Å². The maximum Gasteiger partial charge on any atom is 0.416 e. The van der Waals surface area contributed by atoms with Gasteiger partial charge in [0.25, 0.3) is 0 Å². The summed E-state index contributed by atoms with van der Waals surface area (Å²) in [6.45, 7) is 3.86. The van der Waals surface area contributed by atoms with Crippen LogP contribution in [0.1, 0.15) is 17.5 Å². The number of benzene rings is 1. The molecule has 2 bridgehead atoms. The zero-order valence-corrected chi connectivity index (χ0v) is 12.6. The van der Waals surface area contributed by atoms with E-state index in [1.54, 1.807) is 6.07 Å². The maximum atomic E-state index is 12.9. The van der Waals surface area contributed by atoms with Crippen molar-refractivity contribution < 1.29 is 13.2 Å². The molecular formula is C17H16F3N3. The van der Waals surface area contributed by atoms with Crippen molar-refractivity contribution in [1.29, 1.82) is 0 Å². The van der Waals surface area contributed by atoms with E-state index in [4.69, 9.17) is 0 Å². The van der Waals surface area contributed by atoms with Crippen LogP contribution in [0.5, 0.6) is 0 Å². The minimum absolute atomic E-state index is 0.382. The Balaban J connectivity index is 1.80. The number of alkyl halides is 3. The first-order valence-electron chi connectivity index (χ1n) is 7.62. The largest absolute Gasteiger partial charge is 0.416 e. The average molecular weight is 319 g/mol. The molecule has 0 aliphatic carbocycles. The van der Waals surface area contributed by atoms with Crippen molar-refractivity contribution in [3.05, 3.63) is 41.5 Å². The molecule has 1 atom stereocenters. The lowest BCUT2D eigenvalue weighted by Gasteiger charge is -2.28. The fourth-order valence-corrected chi connectivity index (χ4v) is 3.37. The van der Waals surface area contributed by atoms with Crippen molar-refractivity contribution in [2.45, 2.75) is 25.6 Å². The zero-order valence-electron chi connectivity index (χ0n) is 12.6. The van der Waals surface area contributed by atoms with Gasteiger partial charge in [-0.1, -0.05) is 12.1 Å². The van der Waals surface area contributed by atoms with Crippen LogP contribution in [0, 0.1) is 6.92 Å². The Hall–Kier alpha value is -2.24. The molecule has 3 heterocycles. The Morgan fingerprint density at radius 1 is 1.26 bits per heavy atom. The summed E-state index contributed by atoms with van der Waals surface area (Å²) < 4.78 is 38.8. The van der Waals surface area contributed by atoms with Gasteiger partial charge in [-0.3, -0.25) is 0 Å². The highest BCUT2D eigenvalue weighted by atomic mass is 19.4. The maximum absolute atomic E-state index is 12.9. The molecule has 120 valence electrons. The molecule has 2 aromatic rings. The normalized spacial score (nSPS) is 19.5. The number of hydrogen-bond donors (Lipinski definition) is 1. The number of aryl methyl sites for hydroxylation is 1. The van der Waals surface area contributed by atoms with Crippen molar-refractivity contribution in [1.82, 2.24) is 4.98 Å². The number of fused-ring (bicyclic) bond motifs is 4. The summed E-state index contributed by atoms with van der Waals surface area (Å²) in [6.07, 6.45) is -3.28. The Labute approximate surface area is 132 Å². The van der Waals surface area contributed by atoms with Gasteiger partial charge >= 0.3 is 6.18 Å². The predicted molar refractivity (Wildman–Crippen MR) is 83.7 cm³/mol. The van der Waals surface area contributed by atoms with E-state index in [1.807, 2.05) is 13.0 Å². The third kappa shape index (κ3) is 2.42. The Kier molecular flexibility index (Phi) is 3.04. The van der Waals surface area contributed by atoms with Crippen LogP contribution in [0.4, 0.5) is 24.7 Å². The minimum Gasteiger partial charge on any atom is -0.366 e. The molecule has 1 saturated heterocycles. The number of aromatic nitrogens is 1. The minimum atomic E-state index is -4.35. The van der Waals surface area contributed by atoms with Crippen molar-refractivity contribution >= 4 is 11.5 Å². The summed E-state index contributed by atoms with van der Waals surface area (Å²) in [4.78, 5) is 6.91. The lowest BCUT2D eigenvalue weighted by Crippen LogP contribution is -2.32. The SMILES string of the molecule is Cc1cc2c(nc1-c1cccc(C(F)(F)F)c1)NC1CCN2C1. The summed E-state index contributed by atoms with van der Waals surface area (Å²) in [5, 5.41) is 3.40. The van der Waals surface area contributed by atoms with Gasteiger partial charge in [0.15, 0.2) is 5.82 Å². The van der Waals surface area contributed by atoms with Gasteiger partial charge in [0, 0.05) is 24.7 Å². The molecule has 1 N–H and O–H groups in total. The van der Waals surface area contributed by atoms with E-state index in [1.165, 1.54) is 12.1 Å². The summed E-state index contributed by atoms with van der Waals surface area (Å²) in [5.41, 5.74) is 2.38. The Morgan fingerprint density at radius 3 is 2.87 bits per heavy atom. The topological polar surface area (TPSA) is 28.2 Å². The second-order valence-electron chi connectivity index (χ2n) is 6.18. The molecule has 0 saturated carbocycles. The highest BCUT2D eigenvalue weighted by Crippen LogP contribution is 2.38. The second kappa shape index (κ2) is 4.88. The van der Waals surface area contributed by atoms with Gasteiger partial charge < -0.3 is 10.2 Å². The van der Waals surface area contributed by atoms with Gasteiger partial charge in [0.1, 0.15) is 0 Å². The molecular weight excluding hydrogens is 303 g/mol. The third-order valence-electron chi connectivity index (χ3n) is 4.53. The highest BCUT2D eigenvalue weighted by Gasteiger charge is 2.32. The standard InChI is InChI=1S/C17H16F3N3/c1-10-7-14-16(21-13-5-6-23(14)9-13)22-15(10)11-3-2-4-12(8-11)17(18,19)20/h2-4,7-8,13H,5-6,9H2,1H3,(H,21,22). The van der Waals surface area contributed by atoms with E-state index in [-0.39, 0.29) is 0 Å². The second-order valence-corrected chi connectivity index (χ2v) is 6.18. The fraction of sp³-hybridized carbons (Fsp3) is 0.353. The van der Waals surface area contributed by atoms with Crippen LogP contribution in [0.25, 0.3) is 11.3 Å². The molecule has 3 nitrogen and oxygen atoms in total. The summed E-state index contributed by atoms with van der Waals surface area (Å²) in [7, 11) is 0. The Morgan fingerprint density at radius 2 is 2.09 bits per heavy atom. The van der Waals surface area contributed by atoms with E-state index in [0.717, 1.165) is 42.6 Å². The first-order valence-corrected chi connectivity index (χ1v) is 7.62. The van der Waals surface area contributed by atoms with E-state index in [2.05, 4.69) is 15.2 Å². The number of nitrogens with zero attached hydrogens (tertiary/aromatic N) is 2. The van der Waals surface area contributed by atoms with Gasteiger partial charge in [-0.15, -0.1) is 0 Å². The lowest BCUT2D eigenvalue weighted by molar-refractivity contribution is -0.137. The molecule has 1 unspecified atom stereocenters. The van der Waals surface area contributed by atoms with Crippen LogP contribution >= 0.6 is 0 Å². The summed E-state index contributed by atoms with van der Waals surface area (Å²) in [5.74, 6) is 0.775. The van der Waals surface area contributed by atoms with Crippen LogP contribution in [0.3, 0.4) is 0 Å². The lowest BCUT2D eigenvalue weighted by atomic mass is 10.0. The van der Waals surface area contributed by atoms with Crippen LogP contribution in [0.2, 0.25) is 0 Å². The molecule has 1 aromatic carbocycles. The molecule has 2 aliphatic heterocycles. The van der Waals surface area contributed by atoms with E-state index >= 15 is 0 Å². The first-order chi connectivity index (χ1) is 10.9. The van der Waals surface area contributed by atoms with Crippen LogP contribution in [-0.2, 0) is 6.18 Å². The first kappa shape index (κ1) is 14.4. The van der Waals surface area contributed by atoms with Crippen LogP contribution in [0.15, 0.2) is 30.3 Å². The van der Waals surface area contributed by atoms with Gasteiger partial charge in [0.2, 0.25) is 0 Å². The van der Waals surface area contributed by atoms with Gasteiger partial charge in [-0.2, -0.15) is 13.2 Å². The number of pyridine rings is 1. The number of nitrogens with one attached hydrogen (secondary N) is 1. The number of hydrogen-bond acceptors (Lipinski definition) is 3. The molecule has 1 aromatic heterocycles. The van der Waals surface area contributed by atoms with Crippen molar-refractivity contribution in [3.63, 3.8) is 0 Å². The summed E-state index contributed by atoms with van der Waals surface area (Å²) in [6, 6.07) is 7.76. The predicted octanol–water partition coefficient (Wildman–Crippen LogP) is 4.08. The summed E-state index contributed by atoms with van der Waals surface area (Å²) >= 11 is 0. The molecule has 0 radical (unpaired) electrons. The fourth-order valence-electron chi connectivity index (χ4n) is 3.37. The molecule has 1 fully saturated rings. The van der Waals surface area contributed by atoms with E-state index in [9.17, 15) is 13.2 Å². The molecule has 4 rings (SSSR count).